The van der Waals surface area contributed by atoms with Crippen LogP contribution in [0, 0.1) is 6.92 Å². The topological polar surface area (TPSA) is 34.4 Å². The molecule has 1 heterocycles. The molecule has 0 bridgehead atoms. The molecule has 0 fully saturated rings. The number of ether oxygens (including phenoxy) is 1. The van der Waals surface area contributed by atoms with Gasteiger partial charge in [0.2, 0.25) is 0 Å². The van der Waals surface area contributed by atoms with Gasteiger partial charge in [-0.3, -0.25) is 0 Å². The van der Waals surface area contributed by atoms with Crippen LogP contribution in [-0.2, 0) is 11.3 Å². The Hall–Kier alpha value is -0.750. The highest BCUT2D eigenvalue weighted by atomic mass is 79.9. The van der Waals surface area contributed by atoms with Crippen molar-refractivity contribution in [3.8, 4) is 0 Å². The molecule has 20 heavy (non-hydrogen) atoms. The maximum atomic E-state index is 5.32. The quantitative estimate of drug-likeness (QED) is 0.753. The fourth-order valence-electron chi connectivity index (χ4n) is 1.74. The molecule has 0 radical (unpaired) electrons. The first-order valence-electron chi connectivity index (χ1n) is 6.40. The highest BCUT2D eigenvalue weighted by Crippen LogP contribution is 2.36. The normalized spacial score (nSPS) is 10.9. The van der Waals surface area contributed by atoms with Crippen molar-refractivity contribution in [2.75, 3.05) is 20.3 Å². The number of hydrogen-bond donors (Lipinski definition) is 1. The molecular formula is C15H18BrNO2S. The number of hydrogen-bond acceptors (Lipinski definition) is 4. The van der Waals surface area contributed by atoms with Gasteiger partial charge in [0, 0.05) is 29.6 Å². The van der Waals surface area contributed by atoms with Gasteiger partial charge in [0.1, 0.15) is 5.76 Å². The number of benzene rings is 1. The molecule has 2 rings (SSSR count). The van der Waals surface area contributed by atoms with Crippen molar-refractivity contribution in [2.45, 2.75) is 23.3 Å². The number of rotatable bonds is 7. The molecule has 0 unspecified atom stereocenters. The second-order valence-corrected chi connectivity index (χ2v) is 6.32. The van der Waals surface area contributed by atoms with E-state index < -0.39 is 0 Å². The van der Waals surface area contributed by atoms with Gasteiger partial charge in [-0.25, -0.2) is 0 Å². The van der Waals surface area contributed by atoms with E-state index >= 15 is 0 Å². The van der Waals surface area contributed by atoms with Crippen LogP contribution in [0.4, 0.5) is 0 Å². The molecule has 5 heteroatoms. The Kier molecular flexibility index (Phi) is 6.16. The predicted octanol–water partition coefficient (Wildman–Crippen LogP) is 4.24. The molecule has 0 aliphatic rings. The smallest absolute Gasteiger partial charge is 0.114 e. The van der Waals surface area contributed by atoms with Crippen LogP contribution in [-0.4, -0.2) is 20.3 Å². The van der Waals surface area contributed by atoms with E-state index in [4.69, 9.17) is 9.15 Å². The Labute approximate surface area is 132 Å². The summed E-state index contributed by atoms with van der Waals surface area (Å²) in [4.78, 5) is 2.34. The third-order valence-electron chi connectivity index (χ3n) is 2.84. The minimum atomic E-state index is 0.731. The summed E-state index contributed by atoms with van der Waals surface area (Å²) in [7, 11) is 1.71. The Morgan fingerprint density at radius 2 is 2.15 bits per heavy atom. The average molecular weight is 356 g/mol. The van der Waals surface area contributed by atoms with Gasteiger partial charge in [-0.1, -0.05) is 17.8 Å². The molecule has 0 aliphatic carbocycles. The van der Waals surface area contributed by atoms with E-state index in [1.807, 2.05) is 13.0 Å². The van der Waals surface area contributed by atoms with Crippen LogP contribution in [0.1, 0.15) is 11.3 Å². The van der Waals surface area contributed by atoms with Crippen LogP contribution >= 0.6 is 27.7 Å². The van der Waals surface area contributed by atoms with Crippen LogP contribution in [0.15, 0.2) is 49.2 Å². The largest absolute Gasteiger partial charge is 0.468 e. The van der Waals surface area contributed by atoms with E-state index in [9.17, 15) is 0 Å². The summed E-state index contributed by atoms with van der Waals surface area (Å²) >= 11 is 5.34. The number of methoxy groups -OCH3 is 1. The minimum absolute atomic E-state index is 0.731. The summed E-state index contributed by atoms with van der Waals surface area (Å²) in [5.74, 6) is 0.951. The number of furan rings is 1. The first kappa shape index (κ1) is 15.6. The Morgan fingerprint density at radius 3 is 2.80 bits per heavy atom. The Morgan fingerprint density at radius 1 is 1.30 bits per heavy atom. The zero-order valence-electron chi connectivity index (χ0n) is 11.6. The highest BCUT2D eigenvalue weighted by molar-refractivity contribution is 9.10. The highest BCUT2D eigenvalue weighted by Gasteiger charge is 2.07. The Balaban J connectivity index is 1.97. The van der Waals surface area contributed by atoms with E-state index in [1.54, 1.807) is 25.1 Å². The fraction of sp³-hybridized carbons (Fsp3) is 0.333. The molecule has 0 spiro atoms. The maximum Gasteiger partial charge on any atom is 0.114 e. The summed E-state index contributed by atoms with van der Waals surface area (Å²) < 4.78 is 11.4. The molecule has 0 saturated carbocycles. The van der Waals surface area contributed by atoms with Crippen molar-refractivity contribution in [2.24, 2.45) is 0 Å². The third kappa shape index (κ3) is 4.38. The fourth-order valence-corrected chi connectivity index (χ4v) is 3.26. The average Bonchev–Trinajstić information content (AvgIpc) is 2.83. The van der Waals surface area contributed by atoms with Crippen molar-refractivity contribution < 1.29 is 9.15 Å². The molecule has 108 valence electrons. The first-order chi connectivity index (χ1) is 9.70. The zero-order valence-corrected chi connectivity index (χ0v) is 14.0. The molecule has 0 amide bonds. The lowest BCUT2D eigenvalue weighted by Crippen LogP contribution is -2.18. The van der Waals surface area contributed by atoms with Crippen LogP contribution in [0.5, 0.6) is 0 Å². The van der Waals surface area contributed by atoms with Gasteiger partial charge in [0.05, 0.1) is 17.8 Å². The molecule has 3 nitrogen and oxygen atoms in total. The molecule has 1 N–H and O–H groups in total. The molecule has 0 atom stereocenters. The molecule has 1 aromatic carbocycles. The second-order valence-electron chi connectivity index (χ2n) is 4.38. The van der Waals surface area contributed by atoms with Gasteiger partial charge in [0.25, 0.3) is 0 Å². The van der Waals surface area contributed by atoms with Crippen LogP contribution in [0.3, 0.4) is 0 Å². The monoisotopic (exact) mass is 355 g/mol. The van der Waals surface area contributed by atoms with Crippen molar-refractivity contribution in [1.82, 2.24) is 5.32 Å². The van der Waals surface area contributed by atoms with Crippen molar-refractivity contribution in [3.63, 3.8) is 0 Å². The van der Waals surface area contributed by atoms with E-state index in [2.05, 4.69) is 39.4 Å². The van der Waals surface area contributed by atoms with E-state index in [0.717, 1.165) is 34.8 Å². The summed E-state index contributed by atoms with van der Waals surface area (Å²) in [5.41, 5.74) is 1.25. The summed E-state index contributed by atoms with van der Waals surface area (Å²) in [5, 5.41) is 3.34. The van der Waals surface area contributed by atoms with Crippen LogP contribution in [0.2, 0.25) is 0 Å². The SMILES string of the molecule is COCCNCc1ccc(Sc2ccoc2C)c(Br)c1. The molecule has 1 aromatic heterocycles. The lowest BCUT2D eigenvalue weighted by atomic mass is 10.2. The number of aryl methyl sites for hydroxylation is 1. The first-order valence-corrected chi connectivity index (χ1v) is 8.01. The van der Waals surface area contributed by atoms with Crippen LogP contribution < -0.4 is 5.32 Å². The summed E-state index contributed by atoms with van der Waals surface area (Å²) in [6.07, 6.45) is 1.72. The van der Waals surface area contributed by atoms with E-state index in [1.165, 1.54) is 10.5 Å². The zero-order chi connectivity index (χ0) is 14.4. The van der Waals surface area contributed by atoms with Gasteiger partial charge in [-0.15, -0.1) is 0 Å². The van der Waals surface area contributed by atoms with Gasteiger partial charge in [-0.2, -0.15) is 0 Å². The minimum Gasteiger partial charge on any atom is -0.468 e. The van der Waals surface area contributed by atoms with Gasteiger partial charge in [0.15, 0.2) is 0 Å². The van der Waals surface area contributed by atoms with Crippen molar-refractivity contribution in [3.05, 3.63) is 46.3 Å². The summed E-state index contributed by atoms with van der Waals surface area (Å²) in [6.45, 7) is 4.41. The lowest BCUT2D eigenvalue weighted by molar-refractivity contribution is 0.199. The second kappa shape index (κ2) is 7.88. The van der Waals surface area contributed by atoms with Crippen LogP contribution in [0.25, 0.3) is 0 Å². The van der Waals surface area contributed by atoms with Gasteiger partial charge in [-0.05, 0) is 46.6 Å². The van der Waals surface area contributed by atoms with E-state index in [0.29, 0.717) is 0 Å². The Bertz CT molecular complexity index is 557. The van der Waals surface area contributed by atoms with E-state index in [-0.39, 0.29) is 0 Å². The molecule has 0 saturated heterocycles. The number of halogens is 1. The van der Waals surface area contributed by atoms with Crippen molar-refractivity contribution >= 4 is 27.7 Å². The lowest BCUT2D eigenvalue weighted by Gasteiger charge is -2.08. The summed E-state index contributed by atoms with van der Waals surface area (Å²) in [6, 6.07) is 8.42. The molecule has 0 aliphatic heterocycles. The molecule has 2 aromatic rings. The maximum absolute atomic E-state index is 5.32. The predicted molar refractivity (Wildman–Crippen MR) is 85.3 cm³/mol. The standard InChI is InChI=1S/C15H18BrNO2S/c1-11-14(5-7-19-11)20-15-4-3-12(9-13(15)16)10-17-6-8-18-2/h3-5,7,9,17H,6,8,10H2,1-2H3. The van der Waals surface area contributed by atoms with Gasteiger partial charge < -0.3 is 14.5 Å². The molecular weight excluding hydrogens is 338 g/mol. The van der Waals surface area contributed by atoms with Crippen molar-refractivity contribution in [1.29, 1.82) is 0 Å². The third-order valence-corrected chi connectivity index (χ3v) is 4.98. The van der Waals surface area contributed by atoms with Gasteiger partial charge >= 0.3 is 0 Å². The number of nitrogens with one attached hydrogen (secondary N) is 1.